The lowest BCUT2D eigenvalue weighted by atomic mass is 9.84. The zero-order valence-corrected chi connectivity index (χ0v) is 20.7. The van der Waals surface area contributed by atoms with Crippen LogP contribution in [-0.2, 0) is 25.6 Å². The van der Waals surface area contributed by atoms with Gasteiger partial charge in [-0.15, -0.1) is 11.8 Å². The minimum Gasteiger partial charge on any atom is -0.711 e. The van der Waals surface area contributed by atoms with Gasteiger partial charge in [0, 0.05) is 32.6 Å². The molecule has 7 nitrogen and oxygen atoms in total. The van der Waals surface area contributed by atoms with Crippen LogP contribution in [0.5, 0.6) is 0 Å². The fourth-order valence-electron chi connectivity index (χ4n) is 4.36. The number of carbonyl (C=O) groups excluding carboxylic acids is 2. The molecule has 1 atom stereocenters. The van der Waals surface area contributed by atoms with Gasteiger partial charge in [0.2, 0.25) is 0 Å². The van der Waals surface area contributed by atoms with Gasteiger partial charge in [-0.2, -0.15) is 0 Å². The van der Waals surface area contributed by atoms with E-state index in [4.69, 9.17) is 9.47 Å². The van der Waals surface area contributed by atoms with Gasteiger partial charge in [0.1, 0.15) is 23.9 Å². The second kappa shape index (κ2) is 9.18. The number of carbonyl (C=O) groups is 2. The molecule has 0 saturated carbocycles. The molecule has 1 aliphatic heterocycles. The molecule has 3 aromatic rings. The molecule has 0 aliphatic carbocycles. The highest BCUT2D eigenvalue weighted by Gasteiger charge is 2.51. The molecule has 0 N–H and O–H groups in total. The van der Waals surface area contributed by atoms with Crippen molar-refractivity contribution in [3.63, 3.8) is 0 Å². The Balaban J connectivity index is 1.91. The lowest BCUT2D eigenvalue weighted by Crippen LogP contribution is -2.50. The summed E-state index contributed by atoms with van der Waals surface area (Å²) in [5, 5.41) is 13.5. The van der Waals surface area contributed by atoms with Gasteiger partial charge in [0.05, 0.1) is 0 Å². The maximum atomic E-state index is 13.5. The van der Waals surface area contributed by atoms with Crippen LogP contribution in [0.4, 0.5) is 0 Å². The Morgan fingerprint density at radius 2 is 1.62 bits per heavy atom. The molecule has 178 valence electrons. The molecule has 0 radical (unpaired) electrons. The highest BCUT2D eigenvalue weighted by Crippen LogP contribution is 2.38. The normalized spacial score (nSPS) is 16.7. The van der Waals surface area contributed by atoms with Gasteiger partial charge in [-0.05, 0) is 29.5 Å². The molecule has 1 saturated heterocycles. The van der Waals surface area contributed by atoms with E-state index in [2.05, 4.69) is 0 Å². The topological polar surface area (TPSA) is 84.5 Å². The molecule has 1 unspecified atom stereocenters. The Hall–Kier alpha value is -3.26. The van der Waals surface area contributed by atoms with E-state index in [0.29, 0.717) is 23.6 Å². The van der Waals surface area contributed by atoms with E-state index in [0.717, 1.165) is 20.9 Å². The molecular weight excluding hydrogens is 452 g/mol. The molecule has 8 heteroatoms. The highest BCUT2D eigenvalue weighted by molar-refractivity contribution is 7.98. The minimum atomic E-state index is -1.36. The molecule has 1 fully saturated rings. The molecule has 0 spiro atoms. The van der Waals surface area contributed by atoms with E-state index in [1.807, 2.05) is 72.3 Å². The molecule has 0 bridgehead atoms. The summed E-state index contributed by atoms with van der Waals surface area (Å²) >= 11 is 1.58. The van der Waals surface area contributed by atoms with E-state index in [9.17, 15) is 14.8 Å². The quantitative estimate of drug-likeness (QED) is 0.174. The number of ether oxygens (including phenoxy) is 2. The van der Waals surface area contributed by atoms with E-state index in [-0.39, 0.29) is 0 Å². The maximum absolute atomic E-state index is 13.5. The van der Waals surface area contributed by atoms with Crippen molar-refractivity contribution in [3.8, 4) is 0 Å². The van der Waals surface area contributed by atoms with Crippen molar-refractivity contribution in [1.29, 1.82) is 0 Å². The number of aromatic nitrogens is 2. The Morgan fingerprint density at radius 3 is 2.18 bits per heavy atom. The van der Waals surface area contributed by atoms with E-state index >= 15 is 0 Å². The molecular formula is C26H28N2O5S. The standard InChI is InChI=1S/C26H28N2O5S/c1-16-17(2)28(31)23(27(16)15-18-9-7-6-8-10-18)21(19-11-13-20(34-5)14-12-19)22-24(29)32-26(3,4)33-25(22)30/h6-14,21-22H,15H2,1-5H3. The lowest BCUT2D eigenvalue weighted by Gasteiger charge is -2.35. The Kier molecular flexibility index (Phi) is 6.45. The predicted octanol–water partition coefficient (Wildman–Crippen LogP) is 4.09. The zero-order valence-electron chi connectivity index (χ0n) is 19.9. The van der Waals surface area contributed by atoms with E-state index in [1.165, 1.54) is 13.8 Å². The van der Waals surface area contributed by atoms with Gasteiger partial charge in [-0.25, -0.2) is 9.30 Å². The second-order valence-electron chi connectivity index (χ2n) is 8.87. The van der Waals surface area contributed by atoms with E-state index in [1.54, 1.807) is 18.7 Å². The van der Waals surface area contributed by atoms with Gasteiger partial charge < -0.3 is 14.7 Å². The average molecular weight is 481 g/mol. The number of benzene rings is 2. The number of nitrogens with zero attached hydrogens (tertiary/aromatic N) is 2. The summed E-state index contributed by atoms with van der Waals surface area (Å²) in [7, 11) is 0. The third kappa shape index (κ3) is 4.42. The van der Waals surface area contributed by atoms with Crippen LogP contribution >= 0.6 is 11.8 Å². The molecule has 1 aromatic heterocycles. The lowest BCUT2D eigenvalue weighted by molar-refractivity contribution is -0.621. The summed E-state index contributed by atoms with van der Waals surface area (Å²) in [5.74, 6) is -4.67. The van der Waals surface area contributed by atoms with Crippen molar-refractivity contribution in [2.75, 3.05) is 6.26 Å². The van der Waals surface area contributed by atoms with Crippen LogP contribution in [-0.4, -0.2) is 28.5 Å². The average Bonchev–Trinajstić information content (AvgIpc) is 3.00. The summed E-state index contributed by atoms with van der Waals surface area (Å²) in [4.78, 5) is 27.3. The summed E-state index contributed by atoms with van der Waals surface area (Å²) < 4.78 is 13.6. The minimum absolute atomic E-state index is 0.300. The first kappa shape index (κ1) is 23.9. The second-order valence-corrected chi connectivity index (χ2v) is 9.75. The molecule has 4 rings (SSSR count). The third-order valence-corrected chi connectivity index (χ3v) is 6.93. The number of esters is 2. The number of hydrogen-bond acceptors (Lipinski definition) is 6. The van der Waals surface area contributed by atoms with Crippen LogP contribution in [0, 0.1) is 25.0 Å². The molecule has 2 aromatic carbocycles. The van der Waals surface area contributed by atoms with Crippen molar-refractivity contribution >= 4 is 23.7 Å². The van der Waals surface area contributed by atoms with Crippen molar-refractivity contribution in [3.05, 3.63) is 88.1 Å². The van der Waals surface area contributed by atoms with Gasteiger partial charge in [-0.3, -0.25) is 9.59 Å². The van der Waals surface area contributed by atoms with Crippen LogP contribution in [0.25, 0.3) is 0 Å². The molecule has 0 amide bonds. The van der Waals surface area contributed by atoms with Crippen LogP contribution in [0.1, 0.15) is 48.1 Å². The van der Waals surface area contributed by atoms with Crippen LogP contribution < -0.4 is 4.73 Å². The van der Waals surface area contributed by atoms with Gasteiger partial charge in [0.15, 0.2) is 5.92 Å². The van der Waals surface area contributed by atoms with Crippen molar-refractivity contribution < 1.29 is 23.8 Å². The highest BCUT2D eigenvalue weighted by atomic mass is 32.2. The molecule has 34 heavy (non-hydrogen) atoms. The smallest absolute Gasteiger partial charge is 0.324 e. The number of imidazole rings is 1. The number of cyclic esters (lactones) is 2. The predicted molar refractivity (Wildman–Crippen MR) is 128 cm³/mol. The summed E-state index contributed by atoms with van der Waals surface area (Å²) in [6, 6.07) is 17.3. The number of rotatable bonds is 6. The van der Waals surface area contributed by atoms with E-state index < -0.39 is 29.6 Å². The molecule has 1 aliphatic rings. The molecule has 2 heterocycles. The van der Waals surface area contributed by atoms with Crippen molar-refractivity contribution in [1.82, 2.24) is 4.57 Å². The summed E-state index contributed by atoms with van der Waals surface area (Å²) in [5.41, 5.74) is 2.92. The fourth-order valence-corrected chi connectivity index (χ4v) is 4.77. The van der Waals surface area contributed by atoms with Crippen LogP contribution in [0.2, 0.25) is 0 Å². The first-order valence-electron chi connectivity index (χ1n) is 11.1. The Morgan fingerprint density at radius 1 is 1.03 bits per heavy atom. The summed E-state index contributed by atoms with van der Waals surface area (Å²) in [6.07, 6.45) is 1.97. The summed E-state index contributed by atoms with van der Waals surface area (Å²) in [6.45, 7) is 7.05. The monoisotopic (exact) mass is 480 g/mol. The van der Waals surface area contributed by atoms with Crippen molar-refractivity contribution in [2.24, 2.45) is 5.92 Å². The van der Waals surface area contributed by atoms with Gasteiger partial charge >= 0.3 is 11.9 Å². The SMILES string of the molecule is CSc1ccc(C(c2n(Cc3ccccc3)c(C)c(C)[n+]2[O-])C2C(=O)OC(C)(C)OC2=O)cc1. The zero-order chi connectivity index (χ0) is 24.6. The fraction of sp³-hybridized carbons (Fsp3) is 0.346. The number of hydrogen-bond donors (Lipinski definition) is 0. The van der Waals surface area contributed by atoms with Crippen molar-refractivity contribution in [2.45, 2.75) is 50.8 Å². The largest absolute Gasteiger partial charge is 0.711 e. The van der Waals surface area contributed by atoms with Gasteiger partial charge in [0.25, 0.3) is 11.6 Å². The third-order valence-electron chi connectivity index (χ3n) is 6.19. The van der Waals surface area contributed by atoms with Gasteiger partial charge in [-0.1, -0.05) is 42.5 Å². The first-order valence-corrected chi connectivity index (χ1v) is 12.3. The Labute approximate surface area is 203 Å². The Bertz CT molecular complexity index is 1200. The first-order chi connectivity index (χ1) is 16.1. The van der Waals surface area contributed by atoms with Crippen LogP contribution in [0.15, 0.2) is 59.5 Å². The maximum Gasteiger partial charge on any atom is 0.324 e. The number of thioether (sulfide) groups is 1. The van der Waals surface area contributed by atoms with Crippen LogP contribution in [0.3, 0.4) is 0 Å².